The van der Waals surface area contributed by atoms with E-state index in [2.05, 4.69) is 5.43 Å². The molecule has 28 heavy (non-hydrogen) atoms. The molecule has 142 valence electrons. The summed E-state index contributed by atoms with van der Waals surface area (Å²) >= 11 is 0. The summed E-state index contributed by atoms with van der Waals surface area (Å²) in [6, 6.07) is 14.7. The van der Waals surface area contributed by atoms with Gasteiger partial charge in [-0.05, 0) is 24.3 Å². The molecule has 0 aromatic heterocycles. The SMILES string of the molecule is COC(=O)C1=C2C(=O)N(c3ccccc3OC)C(=O)[C@H]2N(c2ccccc2)N1. The van der Waals surface area contributed by atoms with Crippen molar-refractivity contribution in [3.05, 3.63) is 65.9 Å². The number of anilines is 2. The lowest BCUT2D eigenvalue weighted by atomic mass is 10.1. The fourth-order valence-corrected chi connectivity index (χ4v) is 3.41. The van der Waals surface area contributed by atoms with Crippen LogP contribution in [0.5, 0.6) is 5.75 Å². The van der Waals surface area contributed by atoms with Gasteiger partial charge in [-0.1, -0.05) is 30.3 Å². The van der Waals surface area contributed by atoms with Crippen LogP contribution in [0.3, 0.4) is 0 Å². The fraction of sp³-hybridized carbons (Fsp3) is 0.150. The molecule has 1 saturated heterocycles. The van der Waals surface area contributed by atoms with E-state index in [1.54, 1.807) is 48.5 Å². The highest BCUT2D eigenvalue weighted by Gasteiger charge is 2.54. The Morgan fingerprint density at radius 3 is 2.36 bits per heavy atom. The molecular weight excluding hydrogens is 362 g/mol. The Kier molecular flexibility index (Phi) is 4.23. The summed E-state index contributed by atoms with van der Waals surface area (Å²) in [7, 11) is 2.68. The van der Waals surface area contributed by atoms with Gasteiger partial charge in [0, 0.05) is 0 Å². The van der Waals surface area contributed by atoms with Crippen molar-refractivity contribution >= 4 is 29.2 Å². The highest BCUT2D eigenvalue weighted by molar-refractivity contribution is 6.34. The van der Waals surface area contributed by atoms with Crippen LogP contribution < -0.4 is 20.1 Å². The molecule has 0 radical (unpaired) electrons. The van der Waals surface area contributed by atoms with Crippen molar-refractivity contribution in [3.63, 3.8) is 0 Å². The minimum absolute atomic E-state index is 0.0478. The first-order valence-corrected chi connectivity index (χ1v) is 8.53. The van der Waals surface area contributed by atoms with Crippen molar-refractivity contribution in [1.82, 2.24) is 5.43 Å². The minimum Gasteiger partial charge on any atom is -0.495 e. The topological polar surface area (TPSA) is 88.2 Å². The lowest BCUT2D eigenvalue weighted by molar-refractivity contribution is -0.136. The number of methoxy groups -OCH3 is 2. The maximum absolute atomic E-state index is 13.3. The highest BCUT2D eigenvalue weighted by Crippen LogP contribution is 2.39. The molecule has 2 aromatic carbocycles. The Morgan fingerprint density at radius 1 is 1.00 bits per heavy atom. The Hall–Kier alpha value is -3.81. The number of hydrogen-bond acceptors (Lipinski definition) is 7. The molecule has 1 fully saturated rings. The number of amides is 2. The molecule has 2 amide bonds. The summed E-state index contributed by atoms with van der Waals surface area (Å²) in [6.45, 7) is 0. The van der Waals surface area contributed by atoms with E-state index in [-0.39, 0.29) is 11.3 Å². The number of fused-ring (bicyclic) bond motifs is 1. The number of ether oxygens (including phenoxy) is 2. The van der Waals surface area contributed by atoms with Gasteiger partial charge in [0.25, 0.3) is 11.8 Å². The van der Waals surface area contributed by atoms with Crippen LogP contribution in [0.4, 0.5) is 11.4 Å². The van der Waals surface area contributed by atoms with E-state index in [9.17, 15) is 14.4 Å². The Balaban J connectivity index is 1.85. The van der Waals surface area contributed by atoms with Crippen LogP contribution in [-0.4, -0.2) is 38.0 Å². The third-order valence-electron chi connectivity index (χ3n) is 4.67. The summed E-state index contributed by atoms with van der Waals surface area (Å²) in [4.78, 5) is 39.8. The fourth-order valence-electron chi connectivity index (χ4n) is 3.41. The second-order valence-corrected chi connectivity index (χ2v) is 6.15. The van der Waals surface area contributed by atoms with Crippen molar-refractivity contribution in [3.8, 4) is 5.75 Å². The molecular formula is C20H17N3O5. The normalized spacial score (nSPS) is 18.3. The van der Waals surface area contributed by atoms with Crippen molar-refractivity contribution in [2.45, 2.75) is 6.04 Å². The van der Waals surface area contributed by atoms with Gasteiger partial charge in [0.1, 0.15) is 5.75 Å². The smallest absolute Gasteiger partial charge is 0.356 e. The number of hydrogen-bond donors (Lipinski definition) is 1. The lowest BCUT2D eigenvalue weighted by Crippen LogP contribution is -2.46. The van der Waals surface area contributed by atoms with E-state index >= 15 is 0 Å². The zero-order chi connectivity index (χ0) is 19.8. The number of benzene rings is 2. The lowest BCUT2D eigenvalue weighted by Gasteiger charge is -2.26. The first kappa shape index (κ1) is 17.6. The molecule has 4 rings (SSSR count). The van der Waals surface area contributed by atoms with Crippen LogP contribution in [0.15, 0.2) is 65.9 Å². The summed E-state index contributed by atoms with van der Waals surface area (Å²) < 4.78 is 10.1. The maximum Gasteiger partial charge on any atom is 0.356 e. The minimum atomic E-state index is -0.992. The number of carbonyl (C=O) groups is 3. The zero-order valence-electron chi connectivity index (χ0n) is 15.2. The number of carbonyl (C=O) groups excluding carboxylic acids is 3. The predicted octanol–water partition coefficient (Wildman–Crippen LogP) is 1.39. The third-order valence-corrected chi connectivity index (χ3v) is 4.67. The average molecular weight is 379 g/mol. The van der Waals surface area contributed by atoms with Gasteiger partial charge in [-0.15, -0.1) is 0 Å². The molecule has 0 spiro atoms. The van der Waals surface area contributed by atoms with E-state index < -0.39 is 23.8 Å². The molecule has 0 bridgehead atoms. The summed E-state index contributed by atoms with van der Waals surface area (Å²) in [6.07, 6.45) is 0. The van der Waals surface area contributed by atoms with E-state index in [4.69, 9.17) is 9.47 Å². The summed E-state index contributed by atoms with van der Waals surface area (Å²) in [5.74, 6) is -1.42. The molecule has 1 atom stereocenters. The Morgan fingerprint density at radius 2 is 1.68 bits per heavy atom. The predicted molar refractivity (Wildman–Crippen MR) is 100 cm³/mol. The van der Waals surface area contributed by atoms with Crippen LogP contribution in [0.25, 0.3) is 0 Å². The Labute approximate surface area is 160 Å². The monoisotopic (exact) mass is 379 g/mol. The molecule has 0 unspecified atom stereocenters. The number of nitrogens with zero attached hydrogens (tertiary/aromatic N) is 2. The van der Waals surface area contributed by atoms with Gasteiger partial charge in [-0.3, -0.25) is 20.0 Å². The number of hydrazine groups is 1. The van der Waals surface area contributed by atoms with Crippen molar-refractivity contribution < 1.29 is 23.9 Å². The van der Waals surface area contributed by atoms with Crippen LogP contribution in [0.1, 0.15) is 0 Å². The second-order valence-electron chi connectivity index (χ2n) is 6.15. The van der Waals surface area contributed by atoms with Gasteiger partial charge in [-0.25, -0.2) is 9.69 Å². The molecule has 2 heterocycles. The molecule has 8 heteroatoms. The van der Waals surface area contributed by atoms with Gasteiger partial charge >= 0.3 is 5.97 Å². The molecule has 1 N–H and O–H groups in total. The number of esters is 1. The Bertz CT molecular complexity index is 1000. The van der Waals surface area contributed by atoms with Crippen molar-refractivity contribution in [2.75, 3.05) is 24.1 Å². The quantitative estimate of drug-likeness (QED) is 0.634. The van der Waals surface area contributed by atoms with Crippen LogP contribution in [-0.2, 0) is 19.1 Å². The standard InChI is InChI=1S/C20H17N3O5/c1-27-14-11-7-6-10-13(14)22-18(24)15-16(20(26)28-2)21-23(17(15)19(22)25)12-8-4-3-5-9-12/h3-11,17,21H,1-2H3/t17-/m0/s1. The summed E-state index contributed by atoms with van der Waals surface area (Å²) in [5, 5.41) is 1.50. The van der Waals surface area contributed by atoms with Crippen LogP contribution in [0.2, 0.25) is 0 Å². The molecule has 0 saturated carbocycles. The summed E-state index contributed by atoms with van der Waals surface area (Å²) in [5.41, 5.74) is 3.81. The number of para-hydroxylation sites is 3. The molecule has 2 aliphatic rings. The van der Waals surface area contributed by atoms with E-state index in [0.717, 1.165) is 4.90 Å². The van der Waals surface area contributed by atoms with Crippen molar-refractivity contribution in [1.29, 1.82) is 0 Å². The molecule has 8 nitrogen and oxygen atoms in total. The molecule has 0 aliphatic carbocycles. The van der Waals surface area contributed by atoms with Gasteiger partial charge in [0.2, 0.25) is 0 Å². The molecule has 2 aliphatic heterocycles. The third kappa shape index (κ3) is 2.50. The second kappa shape index (κ2) is 6.73. The number of nitrogens with one attached hydrogen (secondary N) is 1. The van der Waals surface area contributed by atoms with Gasteiger partial charge in [-0.2, -0.15) is 0 Å². The number of rotatable bonds is 4. The average Bonchev–Trinajstić information content (AvgIpc) is 3.25. The van der Waals surface area contributed by atoms with Gasteiger partial charge < -0.3 is 9.47 Å². The number of imide groups is 1. The zero-order valence-corrected chi connectivity index (χ0v) is 15.2. The van der Waals surface area contributed by atoms with E-state index in [1.165, 1.54) is 19.2 Å². The van der Waals surface area contributed by atoms with E-state index in [0.29, 0.717) is 17.1 Å². The van der Waals surface area contributed by atoms with Gasteiger partial charge in [0.15, 0.2) is 11.7 Å². The molecule has 2 aromatic rings. The van der Waals surface area contributed by atoms with Gasteiger partial charge in [0.05, 0.1) is 31.2 Å². The van der Waals surface area contributed by atoms with Crippen LogP contribution >= 0.6 is 0 Å². The van der Waals surface area contributed by atoms with E-state index in [1.807, 2.05) is 6.07 Å². The first-order valence-electron chi connectivity index (χ1n) is 8.53. The maximum atomic E-state index is 13.3. The van der Waals surface area contributed by atoms with Crippen LogP contribution in [0, 0.1) is 0 Å². The highest BCUT2D eigenvalue weighted by atomic mass is 16.5. The first-order chi connectivity index (χ1) is 13.6. The van der Waals surface area contributed by atoms with Crippen molar-refractivity contribution in [2.24, 2.45) is 0 Å². The largest absolute Gasteiger partial charge is 0.495 e.